The molecular formula is C12H17ClN2O2. The van der Waals surface area contributed by atoms with Gasteiger partial charge < -0.3 is 14.7 Å². The van der Waals surface area contributed by atoms with Gasteiger partial charge in [0.2, 0.25) is 5.88 Å². The number of likely N-dealkylation sites (N-methyl/N-ethyl adjacent to an activating group) is 1. The zero-order chi connectivity index (χ0) is 12.3. The summed E-state index contributed by atoms with van der Waals surface area (Å²) in [6.45, 7) is 1.33. The molecule has 1 saturated carbocycles. The molecule has 0 saturated heterocycles. The number of aliphatic hydroxyl groups is 1. The molecule has 0 unspecified atom stereocenters. The summed E-state index contributed by atoms with van der Waals surface area (Å²) in [4.78, 5) is 6.42. The lowest BCUT2D eigenvalue weighted by atomic mass is 10.3. The van der Waals surface area contributed by atoms with Gasteiger partial charge in [-0.15, -0.1) is 0 Å². The molecule has 5 heteroatoms. The second kappa shape index (κ2) is 5.67. The van der Waals surface area contributed by atoms with E-state index in [0.29, 0.717) is 23.2 Å². The van der Waals surface area contributed by atoms with Crippen molar-refractivity contribution in [2.75, 3.05) is 20.2 Å². The highest BCUT2D eigenvalue weighted by Gasteiger charge is 2.25. The Morgan fingerprint density at radius 3 is 2.94 bits per heavy atom. The molecule has 0 radical (unpaired) electrons. The number of nitrogens with zero attached hydrogens (tertiary/aromatic N) is 2. The number of pyridine rings is 1. The van der Waals surface area contributed by atoms with Crippen molar-refractivity contribution in [3.63, 3.8) is 0 Å². The molecule has 1 fully saturated rings. The molecular weight excluding hydrogens is 240 g/mol. The first-order chi connectivity index (χ1) is 8.20. The third kappa shape index (κ3) is 3.56. The smallest absolute Gasteiger partial charge is 0.213 e. The number of aliphatic hydroxyl groups excluding tert-OH is 1. The normalized spacial score (nSPS) is 15.3. The van der Waals surface area contributed by atoms with Crippen LogP contribution in [0.5, 0.6) is 5.88 Å². The second-order valence-electron chi connectivity index (χ2n) is 4.30. The molecule has 0 amide bonds. The predicted octanol–water partition coefficient (Wildman–Crippen LogP) is 1.70. The summed E-state index contributed by atoms with van der Waals surface area (Å²) in [5.74, 6) is 0.516. The second-order valence-corrected chi connectivity index (χ2v) is 4.70. The topological polar surface area (TPSA) is 45.6 Å². The van der Waals surface area contributed by atoms with Crippen LogP contribution < -0.4 is 4.74 Å². The van der Waals surface area contributed by atoms with E-state index in [2.05, 4.69) is 16.9 Å². The first-order valence-corrected chi connectivity index (χ1v) is 6.18. The molecule has 1 N–H and O–H groups in total. The fourth-order valence-corrected chi connectivity index (χ4v) is 1.81. The van der Waals surface area contributed by atoms with Crippen LogP contribution in [0.15, 0.2) is 12.1 Å². The Balaban J connectivity index is 1.81. The minimum atomic E-state index is -0.169. The molecule has 2 rings (SSSR count). The van der Waals surface area contributed by atoms with Crippen LogP contribution in [-0.4, -0.2) is 41.2 Å². The molecule has 0 aromatic carbocycles. The van der Waals surface area contributed by atoms with Crippen LogP contribution in [0, 0.1) is 0 Å². The summed E-state index contributed by atoms with van der Waals surface area (Å²) in [6, 6.07) is 4.16. The van der Waals surface area contributed by atoms with Gasteiger partial charge in [0.1, 0.15) is 6.61 Å². The highest BCUT2D eigenvalue weighted by molar-refractivity contribution is 6.31. The van der Waals surface area contributed by atoms with E-state index < -0.39 is 0 Å². The molecule has 0 bridgehead atoms. The van der Waals surface area contributed by atoms with E-state index in [1.807, 2.05) is 0 Å². The van der Waals surface area contributed by atoms with Gasteiger partial charge in [0.05, 0.1) is 17.3 Å². The molecule has 0 atom stereocenters. The number of ether oxygens (including phenoxy) is 1. The van der Waals surface area contributed by atoms with Gasteiger partial charge in [0.25, 0.3) is 0 Å². The Kier molecular flexibility index (Phi) is 4.20. The lowest BCUT2D eigenvalue weighted by Gasteiger charge is -2.15. The van der Waals surface area contributed by atoms with Gasteiger partial charge in [-0.1, -0.05) is 11.6 Å². The maximum absolute atomic E-state index is 9.03. The van der Waals surface area contributed by atoms with Crippen molar-refractivity contribution in [3.05, 3.63) is 22.8 Å². The standard InChI is InChI=1S/C12H17ClN2O2/c1-15(9-2-3-9)6-7-17-12-5-4-10(13)11(8-16)14-12/h4-5,9,16H,2-3,6-8H2,1H3. The number of halogens is 1. The van der Waals surface area contributed by atoms with Crippen LogP contribution >= 0.6 is 11.6 Å². The van der Waals surface area contributed by atoms with Gasteiger partial charge in [-0.25, -0.2) is 4.98 Å². The molecule has 1 aliphatic carbocycles. The predicted molar refractivity (Wildman–Crippen MR) is 66.3 cm³/mol. The quantitative estimate of drug-likeness (QED) is 0.842. The fourth-order valence-electron chi connectivity index (χ4n) is 1.65. The van der Waals surface area contributed by atoms with Crippen LogP contribution in [0.1, 0.15) is 18.5 Å². The van der Waals surface area contributed by atoms with Gasteiger partial charge in [-0.05, 0) is 26.0 Å². The third-order valence-corrected chi connectivity index (χ3v) is 3.25. The molecule has 1 aliphatic rings. The van der Waals surface area contributed by atoms with Crippen molar-refractivity contribution in [2.45, 2.75) is 25.5 Å². The first kappa shape index (κ1) is 12.6. The Bertz CT molecular complexity index is 383. The number of hydrogen-bond acceptors (Lipinski definition) is 4. The van der Waals surface area contributed by atoms with Gasteiger partial charge in [0, 0.05) is 18.7 Å². The monoisotopic (exact) mass is 256 g/mol. The van der Waals surface area contributed by atoms with Crippen molar-refractivity contribution in [1.29, 1.82) is 0 Å². The number of rotatable bonds is 6. The summed E-state index contributed by atoms with van der Waals surface area (Å²) >= 11 is 5.84. The maximum Gasteiger partial charge on any atom is 0.213 e. The number of hydrogen-bond donors (Lipinski definition) is 1. The lowest BCUT2D eigenvalue weighted by molar-refractivity contribution is 0.223. The highest BCUT2D eigenvalue weighted by Crippen LogP contribution is 2.25. The molecule has 4 nitrogen and oxygen atoms in total. The van der Waals surface area contributed by atoms with E-state index in [1.165, 1.54) is 12.8 Å². The van der Waals surface area contributed by atoms with Gasteiger partial charge in [-0.3, -0.25) is 0 Å². The zero-order valence-corrected chi connectivity index (χ0v) is 10.7. The summed E-state index contributed by atoms with van der Waals surface area (Å²) in [5.41, 5.74) is 0.458. The van der Waals surface area contributed by atoms with E-state index in [9.17, 15) is 0 Å². The van der Waals surface area contributed by atoms with Crippen molar-refractivity contribution in [2.24, 2.45) is 0 Å². The van der Waals surface area contributed by atoms with E-state index >= 15 is 0 Å². The third-order valence-electron chi connectivity index (χ3n) is 2.91. The SMILES string of the molecule is CN(CCOc1ccc(Cl)c(CO)n1)C1CC1. The summed E-state index contributed by atoms with van der Waals surface area (Å²) in [5, 5.41) is 9.49. The van der Waals surface area contributed by atoms with E-state index in [4.69, 9.17) is 21.4 Å². The minimum Gasteiger partial charge on any atom is -0.476 e. The van der Waals surface area contributed by atoms with Crippen LogP contribution in [0.25, 0.3) is 0 Å². The van der Waals surface area contributed by atoms with Crippen molar-refractivity contribution in [1.82, 2.24) is 9.88 Å². The number of aromatic nitrogens is 1. The summed E-state index contributed by atoms with van der Waals surface area (Å²) in [6.07, 6.45) is 2.59. The molecule has 17 heavy (non-hydrogen) atoms. The molecule has 0 aliphatic heterocycles. The largest absolute Gasteiger partial charge is 0.476 e. The van der Waals surface area contributed by atoms with E-state index in [-0.39, 0.29) is 6.61 Å². The highest BCUT2D eigenvalue weighted by atomic mass is 35.5. The summed E-state index contributed by atoms with van der Waals surface area (Å²) in [7, 11) is 2.11. The maximum atomic E-state index is 9.03. The Hall–Kier alpha value is -0.840. The van der Waals surface area contributed by atoms with Crippen molar-refractivity contribution < 1.29 is 9.84 Å². The fraction of sp³-hybridized carbons (Fsp3) is 0.583. The van der Waals surface area contributed by atoms with Gasteiger partial charge >= 0.3 is 0 Å². The van der Waals surface area contributed by atoms with Crippen LogP contribution in [0.4, 0.5) is 0 Å². The van der Waals surface area contributed by atoms with E-state index in [1.54, 1.807) is 12.1 Å². The molecule has 1 heterocycles. The van der Waals surface area contributed by atoms with Crippen molar-refractivity contribution in [3.8, 4) is 5.88 Å². The van der Waals surface area contributed by atoms with Gasteiger partial charge in [0.15, 0.2) is 0 Å². The Labute approximate surface area is 106 Å². The van der Waals surface area contributed by atoms with Gasteiger partial charge in [-0.2, -0.15) is 0 Å². The van der Waals surface area contributed by atoms with Crippen LogP contribution in [0.3, 0.4) is 0 Å². The summed E-state index contributed by atoms with van der Waals surface area (Å²) < 4.78 is 5.53. The Morgan fingerprint density at radius 2 is 2.29 bits per heavy atom. The Morgan fingerprint density at radius 1 is 1.53 bits per heavy atom. The molecule has 1 aromatic rings. The molecule has 94 valence electrons. The van der Waals surface area contributed by atoms with Crippen LogP contribution in [0.2, 0.25) is 5.02 Å². The average molecular weight is 257 g/mol. The zero-order valence-electron chi connectivity index (χ0n) is 9.90. The molecule has 1 aromatic heterocycles. The first-order valence-electron chi connectivity index (χ1n) is 5.80. The molecule has 0 spiro atoms. The average Bonchev–Trinajstić information content (AvgIpc) is 3.15. The lowest BCUT2D eigenvalue weighted by Crippen LogP contribution is -2.26. The van der Waals surface area contributed by atoms with Crippen LogP contribution in [-0.2, 0) is 6.61 Å². The van der Waals surface area contributed by atoms with E-state index in [0.717, 1.165) is 12.6 Å². The van der Waals surface area contributed by atoms with Crippen molar-refractivity contribution >= 4 is 11.6 Å². The minimum absolute atomic E-state index is 0.169.